The van der Waals surface area contributed by atoms with Gasteiger partial charge in [0, 0.05) is 29.0 Å². The zero-order valence-corrected chi connectivity index (χ0v) is 19.0. The summed E-state index contributed by atoms with van der Waals surface area (Å²) < 4.78 is 20.0. The van der Waals surface area contributed by atoms with Crippen LogP contribution in [0.25, 0.3) is 0 Å². The quantitative estimate of drug-likeness (QED) is 0.457. The number of amides is 1. The molecule has 1 amide bonds. The Morgan fingerprint density at radius 1 is 1.21 bits per heavy atom. The number of benzene rings is 2. The maximum absolute atomic E-state index is 14.5. The number of halogens is 1. The fraction of sp³-hybridized carbons (Fsp3) is 0.269. The number of anilines is 5. The summed E-state index contributed by atoms with van der Waals surface area (Å²) in [5, 5.41) is 6.12. The van der Waals surface area contributed by atoms with Crippen molar-refractivity contribution in [3.05, 3.63) is 72.7 Å². The van der Waals surface area contributed by atoms with Crippen molar-refractivity contribution in [1.82, 2.24) is 9.97 Å². The van der Waals surface area contributed by atoms with Crippen molar-refractivity contribution < 1.29 is 13.9 Å². The lowest BCUT2D eigenvalue weighted by Crippen LogP contribution is -2.40. The highest BCUT2D eigenvalue weighted by atomic mass is 19.1. The number of carbonyl (C=O) groups is 1. The van der Waals surface area contributed by atoms with Gasteiger partial charge >= 0.3 is 0 Å². The second-order valence-corrected chi connectivity index (χ2v) is 8.59. The lowest BCUT2D eigenvalue weighted by atomic mass is 9.66. The van der Waals surface area contributed by atoms with E-state index in [0.717, 1.165) is 42.6 Å². The summed E-state index contributed by atoms with van der Waals surface area (Å²) in [6, 6.07) is 13.2. The highest BCUT2D eigenvalue weighted by Crippen LogP contribution is 2.53. The number of hydrogen-bond acceptors (Lipinski definition) is 6. The van der Waals surface area contributed by atoms with Crippen LogP contribution in [-0.2, 0) is 10.2 Å². The molecule has 7 nitrogen and oxygen atoms in total. The number of rotatable bonds is 7. The Hall–Kier alpha value is -3.94. The topological polar surface area (TPSA) is 79.4 Å². The fourth-order valence-electron chi connectivity index (χ4n) is 4.67. The Morgan fingerprint density at radius 3 is 2.65 bits per heavy atom. The van der Waals surface area contributed by atoms with Crippen molar-refractivity contribution in [2.75, 3.05) is 28.7 Å². The lowest BCUT2D eigenvalue weighted by Gasteiger charge is -2.38. The molecule has 1 aliphatic carbocycles. The third-order valence-corrected chi connectivity index (χ3v) is 6.50. The van der Waals surface area contributed by atoms with Crippen molar-refractivity contribution in [3.63, 3.8) is 0 Å². The molecule has 0 radical (unpaired) electrons. The van der Waals surface area contributed by atoms with E-state index in [1.54, 1.807) is 4.90 Å². The number of fused-ring (bicyclic) bond motifs is 2. The molecule has 1 aromatic heterocycles. The van der Waals surface area contributed by atoms with Gasteiger partial charge < -0.3 is 20.3 Å². The largest absolute Gasteiger partial charge is 0.494 e. The van der Waals surface area contributed by atoms with E-state index in [9.17, 15) is 9.18 Å². The van der Waals surface area contributed by atoms with Crippen LogP contribution < -0.4 is 20.3 Å². The number of carbonyl (C=O) groups excluding carboxylic acids is 1. The Balaban J connectivity index is 1.38. The van der Waals surface area contributed by atoms with E-state index >= 15 is 0 Å². The SMILES string of the molecule is C=CC(=O)N1CC2(CCC2)c2ccc(Nc3nc(Nc4ccc(OCC)cc4)ncc3F)cc21. The highest BCUT2D eigenvalue weighted by Gasteiger charge is 2.48. The molecule has 1 spiro atoms. The number of nitrogens with one attached hydrogen (secondary N) is 2. The Kier molecular flexibility index (Phi) is 5.65. The second kappa shape index (κ2) is 8.78. The molecule has 34 heavy (non-hydrogen) atoms. The third kappa shape index (κ3) is 3.96. The van der Waals surface area contributed by atoms with E-state index in [2.05, 4.69) is 27.2 Å². The molecule has 1 aliphatic heterocycles. The van der Waals surface area contributed by atoms with E-state index in [4.69, 9.17) is 4.74 Å². The smallest absolute Gasteiger partial charge is 0.250 e. The first-order valence-corrected chi connectivity index (χ1v) is 11.4. The molecule has 2 heterocycles. The summed E-state index contributed by atoms with van der Waals surface area (Å²) in [5.74, 6) is 0.358. The van der Waals surface area contributed by atoms with Gasteiger partial charge in [-0.1, -0.05) is 19.1 Å². The summed E-state index contributed by atoms with van der Waals surface area (Å²) in [7, 11) is 0. The molecular weight excluding hydrogens is 433 g/mol. The minimum Gasteiger partial charge on any atom is -0.494 e. The van der Waals surface area contributed by atoms with E-state index in [1.807, 2.05) is 49.4 Å². The van der Waals surface area contributed by atoms with Crippen molar-refractivity contribution in [2.24, 2.45) is 0 Å². The molecule has 2 aliphatic rings. The molecule has 0 saturated heterocycles. The van der Waals surface area contributed by atoms with E-state index in [-0.39, 0.29) is 23.1 Å². The highest BCUT2D eigenvalue weighted by molar-refractivity contribution is 6.03. The number of hydrogen-bond donors (Lipinski definition) is 2. The maximum atomic E-state index is 14.5. The van der Waals surface area contributed by atoms with E-state index < -0.39 is 5.82 Å². The maximum Gasteiger partial charge on any atom is 0.250 e. The van der Waals surface area contributed by atoms with Gasteiger partial charge in [-0.05, 0) is 67.8 Å². The molecule has 8 heteroatoms. The van der Waals surface area contributed by atoms with Crippen LogP contribution in [0.5, 0.6) is 5.75 Å². The van der Waals surface area contributed by atoms with Gasteiger partial charge in [0.2, 0.25) is 11.9 Å². The molecule has 0 bridgehead atoms. The normalized spacial score (nSPS) is 15.4. The molecule has 3 aromatic rings. The molecule has 5 rings (SSSR count). The summed E-state index contributed by atoms with van der Waals surface area (Å²) in [5.41, 5.74) is 3.43. The molecule has 174 valence electrons. The molecule has 0 atom stereocenters. The molecule has 1 saturated carbocycles. The number of nitrogens with zero attached hydrogens (tertiary/aromatic N) is 3. The third-order valence-electron chi connectivity index (χ3n) is 6.50. The van der Waals surface area contributed by atoms with Crippen LogP contribution in [0.3, 0.4) is 0 Å². The van der Waals surface area contributed by atoms with Crippen molar-refractivity contribution in [3.8, 4) is 5.75 Å². The predicted molar refractivity (Wildman–Crippen MR) is 131 cm³/mol. The molecular formula is C26H26FN5O2. The lowest BCUT2D eigenvalue weighted by molar-refractivity contribution is -0.114. The number of ether oxygens (including phenoxy) is 1. The van der Waals surface area contributed by atoms with Crippen LogP contribution in [0.1, 0.15) is 31.7 Å². The first-order chi connectivity index (χ1) is 16.5. The average molecular weight is 460 g/mol. The van der Waals surface area contributed by atoms with Gasteiger partial charge in [0.15, 0.2) is 11.6 Å². The Bertz CT molecular complexity index is 1240. The van der Waals surface area contributed by atoms with Crippen LogP contribution >= 0.6 is 0 Å². The summed E-state index contributed by atoms with van der Waals surface area (Å²) in [6.07, 6.45) is 5.75. The summed E-state index contributed by atoms with van der Waals surface area (Å²) >= 11 is 0. The van der Waals surface area contributed by atoms with Crippen LogP contribution in [-0.4, -0.2) is 29.0 Å². The Labute approximate surface area is 197 Å². The number of aromatic nitrogens is 2. The van der Waals surface area contributed by atoms with Gasteiger partial charge in [0.1, 0.15) is 5.75 Å². The van der Waals surface area contributed by atoms with Crippen LogP contribution in [0, 0.1) is 5.82 Å². The zero-order valence-electron chi connectivity index (χ0n) is 19.0. The minimum atomic E-state index is -0.577. The molecule has 1 fully saturated rings. The standard InChI is InChI=1S/C26H26FN5O2/c1-3-23(33)32-16-26(12-5-13-26)20-11-8-18(14-22(20)32)29-24-21(27)15-28-25(31-24)30-17-6-9-19(10-7-17)34-4-2/h3,6-11,14-15H,1,4-5,12-13,16H2,2H3,(H2,28,29,30,31). The molecule has 2 aromatic carbocycles. The van der Waals surface area contributed by atoms with E-state index in [1.165, 1.54) is 11.6 Å². The van der Waals surface area contributed by atoms with Gasteiger partial charge in [-0.25, -0.2) is 9.37 Å². The first kappa shape index (κ1) is 21.9. The summed E-state index contributed by atoms with van der Waals surface area (Å²) in [4.78, 5) is 22.6. The van der Waals surface area contributed by atoms with Gasteiger partial charge in [0.25, 0.3) is 0 Å². The van der Waals surface area contributed by atoms with Crippen LogP contribution in [0.15, 0.2) is 61.3 Å². The predicted octanol–water partition coefficient (Wildman–Crippen LogP) is 5.46. The Morgan fingerprint density at radius 2 is 1.97 bits per heavy atom. The zero-order chi connectivity index (χ0) is 23.7. The van der Waals surface area contributed by atoms with Gasteiger partial charge in [-0.15, -0.1) is 0 Å². The van der Waals surface area contributed by atoms with Gasteiger partial charge in [0.05, 0.1) is 12.8 Å². The second-order valence-electron chi connectivity index (χ2n) is 8.59. The monoisotopic (exact) mass is 459 g/mol. The van der Waals surface area contributed by atoms with Crippen LogP contribution in [0.2, 0.25) is 0 Å². The fourth-order valence-corrected chi connectivity index (χ4v) is 4.67. The minimum absolute atomic E-state index is 0.0293. The van der Waals surface area contributed by atoms with Gasteiger partial charge in [-0.2, -0.15) is 4.98 Å². The van der Waals surface area contributed by atoms with Crippen molar-refractivity contribution in [1.29, 1.82) is 0 Å². The van der Waals surface area contributed by atoms with Crippen molar-refractivity contribution >= 4 is 34.7 Å². The first-order valence-electron chi connectivity index (χ1n) is 11.4. The van der Waals surface area contributed by atoms with Crippen molar-refractivity contribution in [2.45, 2.75) is 31.6 Å². The van der Waals surface area contributed by atoms with Crippen LogP contribution in [0.4, 0.5) is 33.2 Å². The molecule has 2 N–H and O–H groups in total. The summed E-state index contributed by atoms with van der Waals surface area (Å²) in [6.45, 7) is 6.82. The average Bonchev–Trinajstić information content (AvgIpc) is 3.18. The molecule has 0 unspecified atom stereocenters. The van der Waals surface area contributed by atoms with Gasteiger partial charge in [-0.3, -0.25) is 4.79 Å². The van der Waals surface area contributed by atoms with E-state index in [0.29, 0.717) is 18.8 Å².